The fourth-order valence-corrected chi connectivity index (χ4v) is 7.23. The van der Waals surface area contributed by atoms with Crippen LogP contribution in [-0.2, 0) is 14.2 Å². The highest BCUT2D eigenvalue weighted by molar-refractivity contribution is 9.10. The van der Waals surface area contributed by atoms with Crippen molar-refractivity contribution >= 4 is 46.6 Å². The van der Waals surface area contributed by atoms with Gasteiger partial charge < -0.3 is 14.8 Å². The van der Waals surface area contributed by atoms with Crippen molar-refractivity contribution in [1.82, 2.24) is 0 Å². The van der Waals surface area contributed by atoms with Gasteiger partial charge in [-0.1, -0.05) is 78.5 Å². The molecule has 2 amide bonds. The Morgan fingerprint density at radius 3 is 2.58 bits per heavy atom. The molecule has 210 valence electrons. The predicted octanol–water partition coefficient (Wildman–Crippen LogP) is 6.78. The summed E-state index contributed by atoms with van der Waals surface area (Å²) in [4.78, 5) is 28.8. The molecule has 2 aromatic carbocycles. The van der Waals surface area contributed by atoms with E-state index in [1.54, 1.807) is 18.2 Å². The summed E-state index contributed by atoms with van der Waals surface area (Å²) in [5, 5.41) is 21.3. The maximum absolute atomic E-state index is 13.8. The van der Waals surface area contributed by atoms with E-state index in [1.807, 2.05) is 36.4 Å². The largest absolute Gasteiger partial charge is 0.507 e. The van der Waals surface area contributed by atoms with Gasteiger partial charge in [0.1, 0.15) is 5.75 Å². The Morgan fingerprint density at radius 2 is 1.88 bits per heavy atom. The Hall–Kier alpha value is -2.68. The zero-order valence-corrected chi connectivity index (χ0v) is 24.9. The molecule has 3 aliphatic rings. The molecule has 6 nitrogen and oxygen atoms in total. The van der Waals surface area contributed by atoms with Gasteiger partial charge in [-0.2, -0.15) is 0 Å². The fourth-order valence-electron chi connectivity index (χ4n) is 6.85. The first-order valence-corrected chi connectivity index (χ1v) is 15.2. The number of nitrogens with zero attached hydrogens (tertiary/aromatic N) is 1. The van der Waals surface area contributed by atoms with Gasteiger partial charge in [0.2, 0.25) is 11.8 Å². The highest BCUT2D eigenvalue weighted by Crippen LogP contribution is 2.52. The number of carbonyl (C=O) groups is 2. The van der Waals surface area contributed by atoms with Gasteiger partial charge in [0.05, 0.1) is 23.6 Å². The monoisotopic (exact) mass is 605 g/mol. The van der Waals surface area contributed by atoms with Crippen molar-refractivity contribution < 1.29 is 24.4 Å². The second-order valence-corrected chi connectivity index (χ2v) is 12.5. The number of carbonyl (C=O) groups excluding carboxylic acids is 2. The second-order valence-electron chi connectivity index (χ2n) is 11.5. The molecular weight excluding hydrogens is 569 g/mol. The highest BCUT2D eigenvalue weighted by Gasteiger charge is 2.57. The molecule has 0 saturated carbocycles. The number of aromatic hydroxyl groups is 1. The number of rotatable bonds is 8. The molecule has 40 heavy (non-hydrogen) atoms. The molecule has 0 unspecified atom stereocenters. The molecule has 1 aliphatic carbocycles. The number of allylic oxidation sites excluding steroid dienone is 2. The minimum atomic E-state index is -0.993. The van der Waals surface area contributed by atoms with Crippen LogP contribution in [0.1, 0.15) is 58.4 Å². The average Bonchev–Trinajstić information content (AvgIpc) is 3.18. The van der Waals surface area contributed by atoms with E-state index in [-0.39, 0.29) is 35.5 Å². The lowest BCUT2D eigenvalue weighted by molar-refractivity contribution is -0.122. The van der Waals surface area contributed by atoms with Crippen molar-refractivity contribution in [2.24, 2.45) is 23.7 Å². The lowest BCUT2D eigenvalue weighted by Gasteiger charge is -2.44. The number of imide groups is 1. The van der Waals surface area contributed by atoms with Crippen molar-refractivity contribution in [3.63, 3.8) is 0 Å². The van der Waals surface area contributed by atoms with Crippen molar-refractivity contribution in [1.29, 1.82) is 0 Å². The van der Waals surface area contributed by atoms with Crippen LogP contribution in [0.25, 0.3) is 6.08 Å². The number of hydrogen-bond donors (Lipinski definition) is 2. The number of fused-ring (bicyclic) bond motifs is 3. The molecule has 8 heteroatoms. The number of phenols is 1. The van der Waals surface area contributed by atoms with Crippen LogP contribution in [0.5, 0.6) is 5.75 Å². The van der Waals surface area contributed by atoms with Gasteiger partial charge in [-0.3, -0.25) is 14.5 Å². The zero-order chi connectivity index (χ0) is 28.6. The van der Waals surface area contributed by atoms with Gasteiger partial charge in [0, 0.05) is 10.0 Å². The van der Waals surface area contributed by atoms with Crippen molar-refractivity contribution in [2.75, 3.05) is 4.90 Å². The Kier molecular flexibility index (Phi) is 8.69. The zero-order valence-electron chi connectivity index (χ0n) is 23.3. The van der Waals surface area contributed by atoms with E-state index < -0.39 is 19.0 Å². The molecule has 5 rings (SSSR count). The fraction of sp³-hybridized carbons (Fsp3) is 0.438. The first-order valence-electron chi connectivity index (χ1n) is 14.4. The number of phenolic OH excluding ortho intramolecular Hbond substituents is 1. The summed E-state index contributed by atoms with van der Waals surface area (Å²) in [6, 6.07) is 14.6. The maximum atomic E-state index is 13.8. The summed E-state index contributed by atoms with van der Waals surface area (Å²) in [5.41, 5.74) is 4.86. The van der Waals surface area contributed by atoms with Crippen LogP contribution in [0.15, 0.2) is 69.7 Å². The molecule has 2 saturated heterocycles. The number of halogens is 1. The SMILES string of the molecule is CCC/C(=C\c1cc(Br)ccc1O)CC[C@H]1OB(O)C[C@H]2C1=C(C(C)C)C[C@H]1C(=O)N(c3ccccc3)C(=O)[C@H]12. The van der Waals surface area contributed by atoms with E-state index in [2.05, 4.69) is 36.7 Å². The third-order valence-electron chi connectivity index (χ3n) is 8.60. The van der Waals surface area contributed by atoms with Crippen LogP contribution in [0.4, 0.5) is 5.69 Å². The van der Waals surface area contributed by atoms with Crippen molar-refractivity contribution in [3.05, 3.63) is 75.3 Å². The van der Waals surface area contributed by atoms with E-state index in [0.717, 1.165) is 34.9 Å². The average molecular weight is 606 g/mol. The van der Waals surface area contributed by atoms with Crippen LogP contribution in [0.2, 0.25) is 6.32 Å². The van der Waals surface area contributed by atoms with Crippen molar-refractivity contribution in [3.8, 4) is 5.75 Å². The quantitative estimate of drug-likeness (QED) is 0.197. The Labute approximate surface area is 245 Å². The molecule has 0 bridgehead atoms. The van der Waals surface area contributed by atoms with Gasteiger partial charge in [-0.05, 0) is 79.7 Å². The van der Waals surface area contributed by atoms with Gasteiger partial charge in [-0.25, -0.2) is 0 Å². The molecule has 4 atom stereocenters. The molecular formula is C32H37BBrNO5. The first kappa shape index (κ1) is 28.8. The number of para-hydroxylation sites is 1. The summed E-state index contributed by atoms with van der Waals surface area (Å²) in [6.07, 6.45) is 5.80. The lowest BCUT2D eigenvalue weighted by Crippen LogP contribution is -2.46. The number of benzene rings is 2. The highest BCUT2D eigenvalue weighted by atomic mass is 79.9. The smallest absolute Gasteiger partial charge is 0.455 e. The summed E-state index contributed by atoms with van der Waals surface area (Å²) >= 11 is 3.49. The standard InChI is InChI=1S/C32H37BBrNO5/c1-4-8-20(15-21-16-22(34)12-13-27(21)36)11-14-28-29-24(19(2)3)17-25-30(26(29)18-33(39)40-28)32(38)35(31(25)37)23-9-6-5-7-10-23/h5-7,9-10,12-13,15-16,19,25-26,28,30,36,39H,4,8,11,14,17-18H2,1-3H3/b20-15+/t25-,26+,28-,30-/m1/s1. The molecule has 2 aliphatic heterocycles. The van der Waals surface area contributed by atoms with E-state index >= 15 is 0 Å². The Bertz CT molecular complexity index is 1340. The maximum Gasteiger partial charge on any atom is 0.455 e. The van der Waals surface area contributed by atoms with E-state index in [0.29, 0.717) is 24.8 Å². The number of hydrogen-bond acceptors (Lipinski definition) is 5. The minimum absolute atomic E-state index is 0.141. The predicted molar refractivity (Wildman–Crippen MR) is 161 cm³/mol. The third kappa shape index (κ3) is 5.59. The van der Waals surface area contributed by atoms with Gasteiger partial charge in [0.25, 0.3) is 0 Å². The summed E-state index contributed by atoms with van der Waals surface area (Å²) in [5.74, 6) is -1.03. The van der Waals surface area contributed by atoms with E-state index in [9.17, 15) is 19.7 Å². The molecule has 2 aromatic rings. The Balaban J connectivity index is 1.46. The summed E-state index contributed by atoms with van der Waals surface area (Å²) in [6.45, 7) is 6.40. The second kappa shape index (κ2) is 12.1. The van der Waals surface area contributed by atoms with Crippen molar-refractivity contribution in [2.45, 2.75) is 65.3 Å². The molecule has 2 fully saturated rings. The van der Waals surface area contributed by atoms with Crippen LogP contribution < -0.4 is 4.90 Å². The minimum Gasteiger partial charge on any atom is -0.507 e. The Morgan fingerprint density at radius 1 is 1.12 bits per heavy atom. The number of anilines is 1. The summed E-state index contributed by atoms with van der Waals surface area (Å²) < 4.78 is 7.08. The van der Waals surface area contributed by atoms with Crippen LogP contribution in [0.3, 0.4) is 0 Å². The number of amides is 2. The summed E-state index contributed by atoms with van der Waals surface area (Å²) in [7, 11) is -0.993. The molecule has 0 radical (unpaired) electrons. The van der Waals surface area contributed by atoms with Gasteiger partial charge in [-0.15, -0.1) is 0 Å². The van der Waals surface area contributed by atoms with Crippen LogP contribution in [-0.4, -0.2) is 35.2 Å². The molecule has 0 spiro atoms. The molecule has 2 heterocycles. The van der Waals surface area contributed by atoms with Crippen LogP contribution >= 0.6 is 15.9 Å². The van der Waals surface area contributed by atoms with E-state index in [4.69, 9.17) is 4.65 Å². The lowest BCUT2D eigenvalue weighted by atomic mass is 9.57. The third-order valence-corrected chi connectivity index (χ3v) is 9.10. The van der Waals surface area contributed by atoms with Gasteiger partial charge >= 0.3 is 7.12 Å². The first-order chi connectivity index (χ1) is 19.2. The van der Waals surface area contributed by atoms with E-state index in [1.165, 1.54) is 16.0 Å². The van der Waals surface area contributed by atoms with Gasteiger partial charge in [0.15, 0.2) is 0 Å². The van der Waals surface area contributed by atoms with Crippen LogP contribution in [0, 0.1) is 23.7 Å². The molecule has 0 aromatic heterocycles. The normalized spacial score (nSPS) is 25.1. The topological polar surface area (TPSA) is 87.1 Å². The molecule has 2 N–H and O–H groups in total.